The van der Waals surface area contributed by atoms with Crippen LogP contribution in [0.4, 0.5) is 0 Å². The van der Waals surface area contributed by atoms with E-state index in [0.29, 0.717) is 36.0 Å². The van der Waals surface area contributed by atoms with Gasteiger partial charge in [0.1, 0.15) is 11.9 Å². The lowest BCUT2D eigenvalue weighted by atomic mass is 10.1. The lowest BCUT2D eigenvalue weighted by molar-refractivity contribution is -0.124. The number of rotatable bonds is 9. The van der Waals surface area contributed by atoms with Crippen LogP contribution in [-0.4, -0.2) is 35.7 Å². The number of halogens is 2. The van der Waals surface area contributed by atoms with Gasteiger partial charge in [-0.2, -0.15) is 0 Å². The minimum absolute atomic E-state index is 0.0255. The standard InChI is InChI=1S/C22H25Cl2N3O2/c1-3-6-20(22(28)25-11-12-29-2)27-19-8-5-4-7-18(19)26-21(27)14-15-9-10-16(23)17(24)13-15/h4-5,7-10,13,20H,3,6,11-12,14H2,1-2H3,(H,25,28)/t20-/m1/s1. The first-order chi connectivity index (χ1) is 14.0. The maximum atomic E-state index is 13.0. The number of hydrogen-bond donors (Lipinski definition) is 1. The molecule has 1 amide bonds. The van der Waals surface area contributed by atoms with E-state index in [9.17, 15) is 4.79 Å². The molecule has 0 fully saturated rings. The topological polar surface area (TPSA) is 56.1 Å². The summed E-state index contributed by atoms with van der Waals surface area (Å²) in [4.78, 5) is 17.8. The molecule has 5 nitrogen and oxygen atoms in total. The van der Waals surface area contributed by atoms with Crippen LogP contribution in [-0.2, 0) is 16.0 Å². The molecule has 0 spiro atoms. The highest BCUT2D eigenvalue weighted by Gasteiger charge is 2.25. The first-order valence-corrected chi connectivity index (χ1v) is 10.5. The van der Waals surface area contributed by atoms with Crippen molar-refractivity contribution in [3.8, 4) is 0 Å². The van der Waals surface area contributed by atoms with Crippen molar-refractivity contribution in [1.29, 1.82) is 0 Å². The third kappa shape index (κ3) is 5.10. The number of benzene rings is 2. The van der Waals surface area contributed by atoms with Crippen molar-refractivity contribution in [3.05, 3.63) is 63.9 Å². The number of nitrogens with zero attached hydrogens (tertiary/aromatic N) is 2. The van der Waals surface area contributed by atoms with Crippen LogP contribution in [0.1, 0.15) is 37.2 Å². The van der Waals surface area contributed by atoms with E-state index in [1.54, 1.807) is 13.2 Å². The zero-order chi connectivity index (χ0) is 20.8. The highest BCUT2D eigenvalue weighted by molar-refractivity contribution is 6.42. The highest BCUT2D eigenvalue weighted by Crippen LogP contribution is 2.28. The second kappa shape index (κ2) is 10.1. The molecule has 154 valence electrons. The molecule has 3 rings (SSSR count). The average molecular weight is 434 g/mol. The Bertz CT molecular complexity index is 987. The van der Waals surface area contributed by atoms with Crippen molar-refractivity contribution in [2.45, 2.75) is 32.2 Å². The molecule has 0 aliphatic heterocycles. The van der Waals surface area contributed by atoms with E-state index in [4.69, 9.17) is 32.9 Å². The van der Waals surface area contributed by atoms with Crippen molar-refractivity contribution in [2.24, 2.45) is 0 Å². The quantitative estimate of drug-likeness (QED) is 0.480. The number of fused-ring (bicyclic) bond motifs is 1. The fourth-order valence-corrected chi connectivity index (χ4v) is 3.76. The number of nitrogens with one attached hydrogen (secondary N) is 1. The lowest BCUT2D eigenvalue weighted by Gasteiger charge is -2.21. The van der Waals surface area contributed by atoms with Gasteiger partial charge in [0, 0.05) is 20.1 Å². The van der Waals surface area contributed by atoms with Gasteiger partial charge in [-0.25, -0.2) is 4.98 Å². The van der Waals surface area contributed by atoms with Gasteiger partial charge in [-0.3, -0.25) is 4.79 Å². The van der Waals surface area contributed by atoms with Crippen molar-refractivity contribution >= 4 is 40.1 Å². The van der Waals surface area contributed by atoms with E-state index in [-0.39, 0.29) is 11.9 Å². The van der Waals surface area contributed by atoms with Gasteiger partial charge in [0.05, 0.1) is 27.7 Å². The molecule has 0 aliphatic carbocycles. The van der Waals surface area contributed by atoms with Crippen molar-refractivity contribution in [1.82, 2.24) is 14.9 Å². The van der Waals surface area contributed by atoms with Crippen molar-refractivity contribution < 1.29 is 9.53 Å². The highest BCUT2D eigenvalue weighted by atomic mass is 35.5. The fraction of sp³-hybridized carbons (Fsp3) is 0.364. The van der Waals surface area contributed by atoms with Crippen molar-refractivity contribution in [3.63, 3.8) is 0 Å². The minimum Gasteiger partial charge on any atom is -0.383 e. The van der Waals surface area contributed by atoms with Crippen LogP contribution in [0.5, 0.6) is 0 Å². The molecule has 0 bridgehead atoms. The molecule has 0 saturated carbocycles. The Morgan fingerprint density at radius 3 is 2.72 bits per heavy atom. The number of carbonyl (C=O) groups is 1. The summed E-state index contributed by atoms with van der Waals surface area (Å²) in [5.41, 5.74) is 2.81. The van der Waals surface area contributed by atoms with Gasteiger partial charge < -0.3 is 14.6 Å². The smallest absolute Gasteiger partial charge is 0.243 e. The van der Waals surface area contributed by atoms with Crippen LogP contribution in [0.3, 0.4) is 0 Å². The molecule has 1 heterocycles. The maximum absolute atomic E-state index is 13.0. The molecular weight excluding hydrogens is 409 g/mol. The predicted octanol–water partition coefficient (Wildman–Crippen LogP) is 5.04. The fourth-order valence-electron chi connectivity index (χ4n) is 3.44. The number of ether oxygens (including phenoxy) is 1. The first-order valence-electron chi connectivity index (χ1n) is 9.71. The number of aromatic nitrogens is 2. The Kier molecular flexibility index (Phi) is 7.53. The molecule has 0 aliphatic rings. The van der Waals surface area contributed by atoms with Crippen LogP contribution < -0.4 is 5.32 Å². The number of hydrogen-bond acceptors (Lipinski definition) is 3. The number of amides is 1. The van der Waals surface area contributed by atoms with Crippen LogP contribution >= 0.6 is 23.2 Å². The summed E-state index contributed by atoms with van der Waals surface area (Å²) < 4.78 is 7.12. The lowest BCUT2D eigenvalue weighted by Crippen LogP contribution is -2.35. The summed E-state index contributed by atoms with van der Waals surface area (Å²) in [7, 11) is 1.62. The van der Waals surface area contributed by atoms with E-state index in [1.807, 2.05) is 36.4 Å². The largest absolute Gasteiger partial charge is 0.383 e. The van der Waals surface area contributed by atoms with Gasteiger partial charge in [-0.1, -0.05) is 54.7 Å². The zero-order valence-electron chi connectivity index (χ0n) is 16.6. The number of methoxy groups -OCH3 is 1. The predicted molar refractivity (Wildman–Crippen MR) is 118 cm³/mol. The molecule has 2 aromatic carbocycles. The molecular formula is C22H25Cl2N3O2. The van der Waals surface area contributed by atoms with Gasteiger partial charge in [-0.05, 0) is 36.2 Å². The van der Waals surface area contributed by atoms with E-state index >= 15 is 0 Å². The van der Waals surface area contributed by atoms with Crippen LogP contribution in [0, 0.1) is 0 Å². The minimum atomic E-state index is -0.345. The molecule has 1 N–H and O–H groups in total. The van der Waals surface area contributed by atoms with E-state index in [0.717, 1.165) is 28.8 Å². The number of carbonyl (C=O) groups excluding carboxylic acids is 1. The normalized spacial score (nSPS) is 12.3. The summed E-state index contributed by atoms with van der Waals surface area (Å²) in [6.07, 6.45) is 2.14. The van der Waals surface area contributed by atoms with Gasteiger partial charge in [0.15, 0.2) is 0 Å². The molecule has 1 aromatic heterocycles. The Morgan fingerprint density at radius 2 is 2.00 bits per heavy atom. The summed E-state index contributed by atoms with van der Waals surface area (Å²) in [5, 5.41) is 4.01. The molecule has 1 atom stereocenters. The monoisotopic (exact) mass is 433 g/mol. The van der Waals surface area contributed by atoms with Gasteiger partial charge in [0.2, 0.25) is 5.91 Å². The Hall–Kier alpha value is -2.08. The van der Waals surface area contributed by atoms with E-state index in [2.05, 4.69) is 16.8 Å². The van der Waals surface area contributed by atoms with Crippen LogP contribution in [0.2, 0.25) is 10.0 Å². The van der Waals surface area contributed by atoms with Gasteiger partial charge in [0.25, 0.3) is 0 Å². The third-order valence-electron chi connectivity index (χ3n) is 4.80. The Labute approximate surface area is 181 Å². The van der Waals surface area contributed by atoms with E-state index in [1.165, 1.54) is 0 Å². The van der Waals surface area contributed by atoms with Gasteiger partial charge in [-0.15, -0.1) is 0 Å². The SMILES string of the molecule is CCC[C@H](C(=O)NCCOC)n1c(Cc2ccc(Cl)c(Cl)c2)nc2ccccc21. The van der Waals surface area contributed by atoms with E-state index < -0.39 is 0 Å². The Morgan fingerprint density at radius 1 is 1.21 bits per heavy atom. The summed E-state index contributed by atoms with van der Waals surface area (Å²) in [6.45, 7) is 3.03. The van der Waals surface area contributed by atoms with Crippen LogP contribution in [0.25, 0.3) is 11.0 Å². The summed E-state index contributed by atoms with van der Waals surface area (Å²) >= 11 is 12.3. The summed E-state index contributed by atoms with van der Waals surface area (Å²) in [5.74, 6) is 0.798. The Balaban J connectivity index is 2.02. The second-order valence-corrected chi connectivity index (χ2v) is 7.71. The molecule has 0 radical (unpaired) electrons. The zero-order valence-corrected chi connectivity index (χ0v) is 18.1. The second-order valence-electron chi connectivity index (χ2n) is 6.90. The number of imidazole rings is 1. The van der Waals surface area contributed by atoms with Crippen molar-refractivity contribution in [2.75, 3.05) is 20.3 Å². The van der Waals surface area contributed by atoms with Crippen LogP contribution in [0.15, 0.2) is 42.5 Å². The summed E-state index contributed by atoms with van der Waals surface area (Å²) in [6, 6.07) is 13.1. The number of para-hydroxylation sites is 2. The maximum Gasteiger partial charge on any atom is 0.243 e. The molecule has 0 unspecified atom stereocenters. The first kappa shape index (κ1) is 21.6. The molecule has 7 heteroatoms. The molecule has 3 aromatic rings. The third-order valence-corrected chi connectivity index (χ3v) is 5.54. The molecule has 29 heavy (non-hydrogen) atoms. The molecule has 0 saturated heterocycles. The van der Waals surface area contributed by atoms with Gasteiger partial charge >= 0.3 is 0 Å². The average Bonchev–Trinajstić information content (AvgIpc) is 3.06.